The number of nitro groups is 1. The first-order chi connectivity index (χ1) is 22.0. The Morgan fingerprint density at radius 2 is 0.935 bits per heavy atom. The van der Waals surface area contributed by atoms with Crippen LogP contribution in [0.1, 0.15) is 72.5 Å². The summed E-state index contributed by atoms with van der Waals surface area (Å²) in [5, 5.41) is 14.5. The Labute approximate surface area is 257 Å². The van der Waals surface area contributed by atoms with Crippen LogP contribution in [-0.2, 0) is 0 Å². The Morgan fingerprint density at radius 1 is 0.543 bits per heavy atom. The smallest absolute Gasteiger partial charge is 0.280 e. The van der Waals surface area contributed by atoms with E-state index in [1.807, 2.05) is 0 Å². The predicted molar refractivity (Wildman–Crippen MR) is 156 cm³/mol. The number of benzene rings is 4. The first-order valence-corrected chi connectivity index (χ1v) is 13.3. The van der Waals surface area contributed by atoms with Crippen molar-refractivity contribution in [2.75, 3.05) is 5.32 Å². The zero-order valence-corrected chi connectivity index (χ0v) is 23.2. The highest BCUT2D eigenvalue weighted by molar-refractivity contribution is 6.23. The van der Waals surface area contributed by atoms with Crippen LogP contribution in [0, 0.1) is 10.1 Å². The quantitative estimate of drug-likeness (QED) is 0.158. The normalized spacial score (nSPS) is 13.3. The van der Waals surface area contributed by atoms with Crippen LogP contribution in [0.15, 0.2) is 91.0 Å². The molecule has 2 aliphatic rings. The molecule has 0 saturated heterocycles. The second-order valence-corrected chi connectivity index (χ2v) is 9.92. The number of nitrogens with zero attached hydrogens (tertiary/aromatic N) is 3. The number of amides is 7. The Morgan fingerprint density at radius 3 is 1.30 bits per heavy atom. The zero-order valence-electron chi connectivity index (χ0n) is 23.2. The monoisotopic (exact) mass is 618 g/mol. The lowest BCUT2D eigenvalue weighted by atomic mass is 10.1. The van der Waals surface area contributed by atoms with Gasteiger partial charge in [-0.2, -0.15) is 10.0 Å². The van der Waals surface area contributed by atoms with Gasteiger partial charge < -0.3 is 5.32 Å². The maximum absolute atomic E-state index is 13.3. The van der Waals surface area contributed by atoms with Crippen LogP contribution in [-0.4, -0.2) is 56.3 Å². The molecule has 0 radical (unpaired) electrons. The lowest BCUT2D eigenvalue weighted by Crippen LogP contribution is -2.46. The third-order valence-corrected chi connectivity index (χ3v) is 7.07. The summed E-state index contributed by atoms with van der Waals surface area (Å²) in [6.07, 6.45) is 0. The van der Waals surface area contributed by atoms with E-state index in [4.69, 9.17) is 0 Å². The molecule has 4 aromatic rings. The summed E-state index contributed by atoms with van der Waals surface area (Å²) in [5.41, 5.74) is 3.71. The maximum atomic E-state index is 13.3. The summed E-state index contributed by atoms with van der Waals surface area (Å²) in [4.78, 5) is 101. The molecule has 15 heteroatoms. The predicted octanol–water partition coefficient (Wildman–Crippen LogP) is 2.73. The molecule has 0 aromatic heterocycles. The lowest BCUT2D eigenvalue weighted by molar-refractivity contribution is -0.384. The highest BCUT2D eigenvalue weighted by Gasteiger charge is 2.38. The van der Waals surface area contributed by atoms with Gasteiger partial charge in [-0.05, 0) is 54.6 Å². The van der Waals surface area contributed by atoms with E-state index in [0.717, 1.165) is 30.3 Å². The molecular formula is C31H18N6O9. The fraction of sp³-hybridized carbons (Fsp3) is 0. The Kier molecular flexibility index (Phi) is 7.10. The zero-order chi connectivity index (χ0) is 32.7. The molecule has 4 aromatic carbocycles. The van der Waals surface area contributed by atoms with Gasteiger partial charge in [0.1, 0.15) is 0 Å². The van der Waals surface area contributed by atoms with Crippen LogP contribution >= 0.6 is 0 Å². The number of imide groups is 2. The van der Waals surface area contributed by atoms with E-state index < -0.39 is 46.3 Å². The van der Waals surface area contributed by atoms with Crippen molar-refractivity contribution < 1.29 is 38.5 Å². The number of non-ortho nitro benzene ring substituents is 1. The van der Waals surface area contributed by atoms with Crippen molar-refractivity contribution in [2.24, 2.45) is 0 Å². The summed E-state index contributed by atoms with van der Waals surface area (Å²) in [5.74, 6) is -5.97. The van der Waals surface area contributed by atoms with Crippen molar-refractivity contribution in [2.45, 2.75) is 0 Å². The Balaban J connectivity index is 1.29. The largest absolute Gasteiger partial charge is 0.322 e. The van der Waals surface area contributed by atoms with Gasteiger partial charge in [-0.3, -0.25) is 54.5 Å². The van der Waals surface area contributed by atoms with Gasteiger partial charge in [-0.25, -0.2) is 0 Å². The van der Waals surface area contributed by atoms with E-state index in [1.165, 1.54) is 36.4 Å². The van der Waals surface area contributed by atoms with Crippen LogP contribution in [0.3, 0.4) is 0 Å². The first-order valence-electron chi connectivity index (χ1n) is 13.3. The van der Waals surface area contributed by atoms with Crippen molar-refractivity contribution in [3.8, 4) is 0 Å². The highest BCUT2D eigenvalue weighted by Crippen LogP contribution is 2.24. The van der Waals surface area contributed by atoms with E-state index >= 15 is 0 Å². The highest BCUT2D eigenvalue weighted by atomic mass is 16.6. The van der Waals surface area contributed by atoms with Crippen molar-refractivity contribution >= 4 is 52.7 Å². The van der Waals surface area contributed by atoms with Gasteiger partial charge in [0, 0.05) is 34.5 Å². The van der Waals surface area contributed by atoms with Crippen LogP contribution in [0.2, 0.25) is 0 Å². The van der Waals surface area contributed by atoms with E-state index in [1.54, 1.807) is 24.3 Å². The van der Waals surface area contributed by atoms with Crippen molar-refractivity contribution in [1.29, 1.82) is 0 Å². The molecule has 0 atom stereocenters. The minimum absolute atomic E-state index is 0.00325. The fourth-order valence-electron chi connectivity index (χ4n) is 4.81. The number of fused-ring (bicyclic) bond motifs is 2. The van der Waals surface area contributed by atoms with Crippen LogP contribution in [0.4, 0.5) is 11.4 Å². The summed E-state index contributed by atoms with van der Waals surface area (Å²) in [6.45, 7) is 0. The number of carbonyl (C=O) groups is 7. The van der Waals surface area contributed by atoms with Crippen LogP contribution in [0.5, 0.6) is 0 Å². The minimum atomic E-state index is -1.02. The molecule has 0 aliphatic carbocycles. The van der Waals surface area contributed by atoms with Gasteiger partial charge in [-0.15, -0.1) is 0 Å². The molecule has 0 spiro atoms. The molecule has 2 aliphatic heterocycles. The third-order valence-electron chi connectivity index (χ3n) is 7.07. The summed E-state index contributed by atoms with van der Waals surface area (Å²) in [6, 6.07) is 19.8. The fourth-order valence-corrected chi connectivity index (χ4v) is 4.81. The number of hydrogen-bond donors (Lipinski definition) is 3. The van der Waals surface area contributed by atoms with E-state index in [0.29, 0.717) is 10.0 Å². The topological polar surface area (TPSA) is 205 Å². The average molecular weight is 619 g/mol. The second kappa shape index (κ2) is 11.2. The van der Waals surface area contributed by atoms with Gasteiger partial charge in [0.15, 0.2) is 0 Å². The average Bonchev–Trinajstić information content (AvgIpc) is 3.45. The van der Waals surface area contributed by atoms with E-state index in [2.05, 4.69) is 16.2 Å². The molecule has 46 heavy (non-hydrogen) atoms. The number of hydrazine groups is 2. The molecule has 0 unspecified atom stereocenters. The van der Waals surface area contributed by atoms with Gasteiger partial charge >= 0.3 is 0 Å². The molecule has 226 valence electrons. The minimum Gasteiger partial charge on any atom is -0.322 e. The molecule has 15 nitrogen and oxygen atoms in total. The summed E-state index contributed by atoms with van der Waals surface area (Å²) in [7, 11) is 0. The van der Waals surface area contributed by atoms with Crippen molar-refractivity contribution in [1.82, 2.24) is 20.9 Å². The van der Waals surface area contributed by atoms with Crippen molar-refractivity contribution in [3.63, 3.8) is 0 Å². The van der Waals surface area contributed by atoms with Gasteiger partial charge in [-0.1, -0.05) is 24.3 Å². The summed E-state index contributed by atoms with van der Waals surface area (Å²) < 4.78 is 0. The van der Waals surface area contributed by atoms with Crippen molar-refractivity contribution in [3.05, 3.63) is 140 Å². The molecule has 0 fully saturated rings. The molecule has 7 amide bonds. The molecule has 2 heterocycles. The number of rotatable bonds is 7. The Bertz CT molecular complexity index is 1880. The van der Waals surface area contributed by atoms with E-state index in [-0.39, 0.29) is 50.3 Å². The van der Waals surface area contributed by atoms with E-state index in [9.17, 15) is 43.7 Å². The molecule has 3 N–H and O–H groups in total. The molecule has 0 saturated carbocycles. The molecule has 0 bridgehead atoms. The lowest BCUT2D eigenvalue weighted by Gasteiger charge is -2.18. The molecule has 6 rings (SSSR count). The number of anilines is 1. The summed E-state index contributed by atoms with van der Waals surface area (Å²) >= 11 is 0. The van der Waals surface area contributed by atoms with Crippen LogP contribution in [0.25, 0.3) is 0 Å². The number of nitro benzene ring substituents is 1. The third kappa shape index (κ3) is 5.09. The van der Waals surface area contributed by atoms with Gasteiger partial charge in [0.25, 0.3) is 47.0 Å². The van der Waals surface area contributed by atoms with Gasteiger partial charge in [0.05, 0.1) is 27.2 Å². The number of carbonyl (C=O) groups excluding carboxylic acids is 7. The standard InChI is InChI=1S/C31H18N6O9/c38-25(16-9-11-20(12-10-16)37(45)46)32-19-14-17(26(39)33-35-28(41)21-5-1-2-6-22(21)29(35)42)13-18(15-19)27(40)34-36-30(43)23-7-3-4-8-24(23)31(36)44/h1-15H,(H,32,38)(H,33,39)(H,34,40). The first kappa shape index (κ1) is 29.1. The Hall–Kier alpha value is -7.03. The number of nitrogens with one attached hydrogen (secondary N) is 3. The number of hydrogen-bond acceptors (Lipinski definition) is 9. The van der Waals surface area contributed by atoms with Crippen LogP contribution < -0.4 is 16.2 Å². The SMILES string of the molecule is O=C(Nc1cc(C(=O)NN2C(=O)c3ccccc3C2=O)cc(C(=O)NN2C(=O)c3ccccc3C2=O)c1)c1ccc([N+](=O)[O-])cc1. The van der Waals surface area contributed by atoms with Gasteiger partial charge in [0.2, 0.25) is 0 Å². The second-order valence-electron chi connectivity index (χ2n) is 9.92. The molecular weight excluding hydrogens is 600 g/mol. The maximum Gasteiger partial charge on any atom is 0.280 e.